The van der Waals surface area contributed by atoms with E-state index >= 15 is 0 Å². The van der Waals surface area contributed by atoms with Gasteiger partial charge in [-0.15, -0.1) is 0 Å². The number of carbonyl (C=O) groups is 2. The first-order valence-corrected chi connectivity index (χ1v) is 12.5. The fraction of sp³-hybridized carbons (Fsp3) is 0.333. The van der Waals surface area contributed by atoms with Crippen molar-refractivity contribution in [1.29, 1.82) is 0 Å². The summed E-state index contributed by atoms with van der Waals surface area (Å²) in [6.45, 7) is 6.58. The highest BCUT2D eigenvalue weighted by Gasteiger charge is 2.30. The molecule has 0 radical (unpaired) electrons. The van der Waals surface area contributed by atoms with E-state index < -0.39 is 6.04 Å². The molecule has 1 unspecified atom stereocenters. The molecule has 5 nitrogen and oxygen atoms in total. The Morgan fingerprint density at radius 2 is 1.58 bits per heavy atom. The average molecular weight is 491 g/mol. The van der Waals surface area contributed by atoms with Crippen LogP contribution in [0.5, 0.6) is 5.75 Å². The molecule has 0 aliphatic rings. The van der Waals surface area contributed by atoms with Crippen LogP contribution in [0.25, 0.3) is 0 Å². The van der Waals surface area contributed by atoms with E-state index in [1.54, 1.807) is 17.0 Å². The van der Waals surface area contributed by atoms with Crippen molar-refractivity contribution in [2.24, 2.45) is 0 Å². The Balaban J connectivity index is 1.90. The average Bonchev–Trinajstić information content (AvgIpc) is 2.89. The topological polar surface area (TPSA) is 58.6 Å². The van der Waals surface area contributed by atoms with Gasteiger partial charge in [0.05, 0.1) is 0 Å². The molecule has 0 aromatic heterocycles. The van der Waals surface area contributed by atoms with Crippen molar-refractivity contribution in [2.75, 3.05) is 13.2 Å². The summed E-state index contributed by atoms with van der Waals surface area (Å²) in [6.07, 6.45) is 1.14. The van der Waals surface area contributed by atoms with Gasteiger partial charge in [0.25, 0.3) is 5.91 Å². The maximum absolute atomic E-state index is 13.6. The third-order valence-electron chi connectivity index (χ3n) is 5.98. The lowest BCUT2D eigenvalue weighted by Gasteiger charge is -2.31. The van der Waals surface area contributed by atoms with Crippen LogP contribution in [-0.2, 0) is 22.6 Å². The molecule has 1 N–H and O–H groups in total. The molecule has 0 bridgehead atoms. The van der Waals surface area contributed by atoms with Crippen molar-refractivity contribution in [3.05, 3.63) is 101 Å². The van der Waals surface area contributed by atoms with Crippen molar-refractivity contribution in [1.82, 2.24) is 10.2 Å². The first-order valence-electron chi connectivity index (χ1n) is 12.5. The van der Waals surface area contributed by atoms with E-state index in [1.807, 2.05) is 61.5 Å². The quantitative estimate of drug-likeness (QED) is 0.365. The zero-order valence-electron chi connectivity index (χ0n) is 21.2. The summed E-state index contributed by atoms with van der Waals surface area (Å²) in [5, 5.41) is 2.95. The summed E-state index contributed by atoms with van der Waals surface area (Å²) >= 11 is 0. The molecule has 3 aromatic rings. The van der Waals surface area contributed by atoms with E-state index in [1.165, 1.54) is 12.1 Å². The minimum atomic E-state index is -0.750. The Morgan fingerprint density at radius 3 is 2.25 bits per heavy atom. The van der Waals surface area contributed by atoms with Crippen LogP contribution >= 0.6 is 0 Å². The maximum Gasteiger partial charge on any atom is 0.261 e. The Morgan fingerprint density at radius 1 is 0.917 bits per heavy atom. The largest absolute Gasteiger partial charge is 0.483 e. The third kappa shape index (κ3) is 7.67. The number of nitrogens with one attached hydrogen (secondary N) is 1. The summed E-state index contributed by atoms with van der Waals surface area (Å²) in [5.74, 6) is -0.00844. The van der Waals surface area contributed by atoms with Crippen molar-refractivity contribution in [3.8, 4) is 5.75 Å². The standard InChI is InChI=1S/C30H35FN2O3/c1-4-18-32-30(35)27(19-23-10-6-5-7-11-23)33(20-24-14-16-25(31)17-15-24)29(34)21-36-28-13-9-8-12-26(28)22(2)3/h5-17,22,27H,4,18-21H2,1-3H3,(H,32,35). The Hall–Kier alpha value is -3.67. The molecule has 2 amide bonds. The molecule has 190 valence electrons. The number of halogens is 1. The lowest BCUT2D eigenvalue weighted by atomic mass is 10.0. The highest BCUT2D eigenvalue weighted by atomic mass is 19.1. The molecule has 36 heavy (non-hydrogen) atoms. The van der Waals surface area contributed by atoms with Gasteiger partial charge in [-0.05, 0) is 47.2 Å². The molecule has 6 heteroatoms. The SMILES string of the molecule is CCCNC(=O)C(Cc1ccccc1)N(Cc1ccc(F)cc1)C(=O)COc1ccccc1C(C)C. The number of nitrogens with zero attached hydrogens (tertiary/aromatic N) is 1. The van der Waals surface area contributed by atoms with Crippen molar-refractivity contribution in [2.45, 2.75) is 52.1 Å². The van der Waals surface area contributed by atoms with E-state index in [0.29, 0.717) is 18.7 Å². The Labute approximate surface area is 213 Å². The first kappa shape index (κ1) is 26.9. The molecule has 0 aliphatic carbocycles. The number of ether oxygens (including phenoxy) is 1. The second kappa shape index (κ2) is 13.4. The number of benzene rings is 3. The summed E-state index contributed by atoms with van der Waals surface area (Å²) in [6, 6.07) is 22.5. The molecular weight excluding hydrogens is 455 g/mol. The van der Waals surface area contributed by atoms with Crippen LogP contribution in [0.3, 0.4) is 0 Å². The van der Waals surface area contributed by atoms with Crippen LogP contribution in [0.15, 0.2) is 78.9 Å². The van der Waals surface area contributed by atoms with E-state index in [2.05, 4.69) is 19.2 Å². The number of amides is 2. The zero-order valence-corrected chi connectivity index (χ0v) is 21.2. The molecule has 0 saturated heterocycles. The fourth-order valence-electron chi connectivity index (χ4n) is 4.02. The molecule has 3 rings (SSSR count). The maximum atomic E-state index is 13.6. The summed E-state index contributed by atoms with van der Waals surface area (Å²) in [7, 11) is 0. The van der Waals surface area contributed by atoms with Crippen molar-refractivity contribution >= 4 is 11.8 Å². The third-order valence-corrected chi connectivity index (χ3v) is 5.98. The van der Waals surface area contributed by atoms with Gasteiger partial charge in [-0.1, -0.05) is 81.4 Å². The highest BCUT2D eigenvalue weighted by molar-refractivity contribution is 5.88. The van der Waals surface area contributed by atoms with Crippen LogP contribution in [0, 0.1) is 5.82 Å². The summed E-state index contributed by atoms with van der Waals surface area (Å²) in [5.41, 5.74) is 2.68. The molecule has 1 atom stereocenters. The number of para-hydroxylation sites is 1. The van der Waals surface area contributed by atoms with Gasteiger partial charge in [-0.3, -0.25) is 9.59 Å². The summed E-state index contributed by atoms with van der Waals surface area (Å²) < 4.78 is 19.5. The van der Waals surface area contributed by atoms with Gasteiger partial charge in [-0.25, -0.2) is 4.39 Å². The van der Waals surface area contributed by atoms with E-state index in [9.17, 15) is 14.0 Å². The van der Waals surface area contributed by atoms with Gasteiger partial charge in [0.15, 0.2) is 6.61 Å². The normalized spacial score (nSPS) is 11.7. The second-order valence-electron chi connectivity index (χ2n) is 9.13. The highest BCUT2D eigenvalue weighted by Crippen LogP contribution is 2.26. The zero-order chi connectivity index (χ0) is 25.9. The second-order valence-corrected chi connectivity index (χ2v) is 9.13. The van der Waals surface area contributed by atoms with Crippen molar-refractivity contribution in [3.63, 3.8) is 0 Å². The summed E-state index contributed by atoms with van der Waals surface area (Å²) in [4.78, 5) is 28.5. The predicted octanol–water partition coefficient (Wildman–Crippen LogP) is 5.49. The number of rotatable bonds is 12. The number of carbonyl (C=O) groups excluding carboxylic acids is 2. The Bertz CT molecular complexity index is 1120. The molecule has 0 heterocycles. The monoisotopic (exact) mass is 490 g/mol. The van der Waals surface area contributed by atoms with E-state index in [0.717, 1.165) is 23.1 Å². The van der Waals surface area contributed by atoms with Gasteiger partial charge in [-0.2, -0.15) is 0 Å². The van der Waals surface area contributed by atoms with E-state index in [-0.39, 0.29) is 36.7 Å². The predicted molar refractivity (Wildman–Crippen MR) is 140 cm³/mol. The number of hydrogen-bond acceptors (Lipinski definition) is 3. The van der Waals surface area contributed by atoms with Gasteiger partial charge in [0.1, 0.15) is 17.6 Å². The fourth-order valence-corrected chi connectivity index (χ4v) is 4.02. The lowest BCUT2D eigenvalue weighted by Crippen LogP contribution is -2.51. The molecular formula is C30H35FN2O3. The van der Waals surface area contributed by atoms with E-state index in [4.69, 9.17) is 4.74 Å². The van der Waals surface area contributed by atoms with Gasteiger partial charge in [0.2, 0.25) is 5.91 Å². The number of hydrogen-bond donors (Lipinski definition) is 1. The lowest BCUT2D eigenvalue weighted by molar-refractivity contribution is -0.142. The van der Waals surface area contributed by atoms with Crippen LogP contribution < -0.4 is 10.1 Å². The van der Waals surface area contributed by atoms with Crippen LogP contribution in [0.2, 0.25) is 0 Å². The van der Waals surface area contributed by atoms with Crippen LogP contribution in [0.1, 0.15) is 49.8 Å². The van der Waals surface area contributed by atoms with Crippen LogP contribution in [0.4, 0.5) is 4.39 Å². The molecule has 0 saturated carbocycles. The minimum Gasteiger partial charge on any atom is -0.483 e. The molecule has 0 aliphatic heterocycles. The minimum absolute atomic E-state index is 0.158. The molecule has 0 spiro atoms. The van der Waals surface area contributed by atoms with Gasteiger partial charge in [0, 0.05) is 19.5 Å². The molecule has 3 aromatic carbocycles. The van der Waals surface area contributed by atoms with Crippen molar-refractivity contribution < 1.29 is 18.7 Å². The van der Waals surface area contributed by atoms with Gasteiger partial charge < -0.3 is 15.0 Å². The Kier molecular flexibility index (Phi) is 10.0. The first-order chi connectivity index (χ1) is 17.4. The van der Waals surface area contributed by atoms with Gasteiger partial charge >= 0.3 is 0 Å². The smallest absolute Gasteiger partial charge is 0.261 e. The molecule has 0 fully saturated rings. The van der Waals surface area contributed by atoms with Crippen LogP contribution in [-0.4, -0.2) is 35.9 Å².